The molecule has 0 amide bonds. The van der Waals surface area contributed by atoms with Gasteiger partial charge in [-0.05, 0) is 48.4 Å². The van der Waals surface area contributed by atoms with Crippen LogP contribution < -0.4 is 0 Å². The number of hydrogen-bond donors (Lipinski definition) is 0. The highest BCUT2D eigenvalue weighted by atomic mass is 19.5. The van der Waals surface area contributed by atoms with E-state index in [1.54, 1.807) is 12.1 Å². The molecule has 0 fully saturated rings. The van der Waals surface area contributed by atoms with Crippen molar-refractivity contribution in [1.82, 2.24) is 0 Å². The summed E-state index contributed by atoms with van der Waals surface area (Å²) >= 11 is 0. The minimum absolute atomic E-state index is 0.0759. The number of nitro groups is 1. The Morgan fingerprint density at radius 1 is 0.800 bits per heavy atom. The van der Waals surface area contributed by atoms with Crippen LogP contribution in [-0.2, 0) is 0 Å². The Labute approximate surface area is 199 Å². The van der Waals surface area contributed by atoms with Gasteiger partial charge in [-0.25, -0.2) is 4.42 Å². The molecular weight excluding hydrogens is 461 g/mol. The number of halogens is 4. The fourth-order valence-electron chi connectivity index (χ4n) is 3.25. The summed E-state index contributed by atoms with van der Waals surface area (Å²) in [7, 11) is -6.00. The van der Waals surface area contributed by atoms with E-state index in [4.69, 9.17) is 4.42 Å². The van der Waals surface area contributed by atoms with E-state index < -0.39 is 12.2 Å². The Bertz CT molecular complexity index is 1250. The molecule has 9 heteroatoms. The first-order chi connectivity index (χ1) is 16.6. The van der Waals surface area contributed by atoms with E-state index in [-0.39, 0.29) is 5.69 Å². The van der Waals surface area contributed by atoms with Gasteiger partial charge in [-0.3, -0.25) is 10.1 Å². The number of rotatable bonds is 5. The van der Waals surface area contributed by atoms with Crippen molar-refractivity contribution in [3.8, 4) is 22.5 Å². The van der Waals surface area contributed by atoms with Crippen molar-refractivity contribution in [2.75, 3.05) is 0 Å². The third kappa shape index (κ3) is 7.92. The maximum absolute atomic E-state index is 10.9. The van der Waals surface area contributed by atoms with Gasteiger partial charge < -0.3 is 17.3 Å². The lowest BCUT2D eigenvalue weighted by atomic mass is 10.0. The van der Waals surface area contributed by atoms with Crippen LogP contribution >= 0.6 is 0 Å². The molecule has 4 aromatic rings. The van der Waals surface area contributed by atoms with E-state index in [2.05, 4.69) is 12.1 Å². The lowest BCUT2D eigenvalue weighted by Crippen LogP contribution is -2.02. The largest absolute Gasteiger partial charge is 0.673 e. The van der Waals surface area contributed by atoms with Crippen LogP contribution in [-0.4, -0.2) is 12.2 Å². The van der Waals surface area contributed by atoms with Crippen molar-refractivity contribution in [2.24, 2.45) is 0 Å². The molecule has 1 heterocycles. The van der Waals surface area contributed by atoms with Gasteiger partial charge in [0.05, 0.1) is 28.2 Å². The smallest absolute Gasteiger partial charge is 0.418 e. The number of hydrogen-bond acceptors (Lipinski definition) is 2. The highest BCUT2D eigenvalue weighted by Gasteiger charge is 2.21. The Morgan fingerprint density at radius 3 is 1.83 bits per heavy atom. The predicted octanol–water partition coefficient (Wildman–Crippen LogP) is 8.66. The van der Waals surface area contributed by atoms with Crippen LogP contribution in [0.2, 0.25) is 0 Å². The first kappa shape index (κ1) is 25.4. The molecule has 178 valence electrons. The van der Waals surface area contributed by atoms with Crippen LogP contribution in [0.3, 0.4) is 0 Å². The van der Waals surface area contributed by atoms with Crippen LogP contribution in [0.25, 0.3) is 34.1 Å². The van der Waals surface area contributed by atoms with Gasteiger partial charge in [-0.15, -0.1) is 0 Å². The summed E-state index contributed by atoms with van der Waals surface area (Å²) < 4.78 is 45.2. The van der Waals surface area contributed by atoms with E-state index in [9.17, 15) is 27.4 Å². The first-order valence-electron chi connectivity index (χ1n) is 10.5. The second-order valence-electron chi connectivity index (χ2n) is 7.48. The molecule has 35 heavy (non-hydrogen) atoms. The Balaban J connectivity index is 0.000000623. The summed E-state index contributed by atoms with van der Waals surface area (Å²) in [4.78, 5) is 10.5. The van der Waals surface area contributed by atoms with Crippen LogP contribution in [0, 0.1) is 10.1 Å². The molecule has 3 aromatic carbocycles. The number of nitrogens with zero attached hydrogens (tertiary/aromatic N) is 1. The van der Waals surface area contributed by atoms with Gasteiger partial charge >= 0.3 is 18.8 Å². The third-order valence-corrected chi connectivity index (χ3v) is 4.83. The lowest BCUT2D eigenvalue weighted by Gasteiger charge is -2.02. The lowest BCUT2D eigenvalue weighted by molar-refractivity contribution is -0.384. The summed E-state index contributed by atoms with van der Waals surface area (Å²) in [6.45, 7) is 1.98. The quantitative estimate of drug-likeness (QED) is 0.0943. The molecule has 0 saturated heterocycles. The molecule has 0 aliphatic heterocycles. The predicted molar refractivity (Wildman–Crippen MR) is 131 cm³/mol. The topological polar surface area (TPSA) is 54.4 Å². The van der Waals surface area contributed by atoms with Crippen LogP contribution in [0.4, 0.5) is 23.0 Å². The zero-order chi connectivity index (χ0) is 25.4. The van der Waals surface area contributed by atoms with Gasteiger partial charge in [0.25, 0.3) is 5.69 Å². The minimum atomic E-state index is -6.00. The molecule has 0 N–H and O–H groups in total. The molecule has 0 spiro atoms. The summed E-state index contributed by atoms with van der Waals surface area (Å²) in [6, 6.07) is 30.7. The van der Waals surface area contributed by atoms with Gasteiger partial charge in [-0.2, -0.15) is 0 Å². The standard InChI is InChI=1S/C26H20NO3.BF4/c1-19(16-20-12-14-24(15-13-20)27(28)29)25-17-23(21-8-4-2-5-9-21)18-26(30-25)22-10-6-3-7-11-22;2-1(3,4)5/h2-18H,1H3;/q+1;-1. The Kier molecular flexibility index (Phi) is 8.14. The molecular formula is C26H20BF4NO3. The fourth-order valence-corrected chi connectivity index (χ4v) is 3.25. The average molecular weight is 481 g/mol. The molecule has 0 aliphatic rings. The summed E-state index contributed by atoms with van der Waals surface area (Å²) in [5.41, 5.74) is 5.05. The highest BCUT2D eigenvalue weighted by molar-refractivity contribution is 6.50. The average Bonchev–Trinajstić information content (AvgIpc) is 2.84. The van der Waals surface area contributed by atoms with Crippen LogP contribution in [0.15, 0.2) is 101 Å². The Hall–Kier alpha value is -4.27. The molecule has 0 atom stereocenters. The van der Waals surface area contributed by atoms with E-state index >= 15 is 0 Å². The zero-order valence-corrected chi connectivity index (χ0v) is 18.6. The number of allylic oxidation sites excluding steroid dienone is 1. The second kappa shape index (κ2) is 11.2. The Morgan fingerprint density at radius 2 is 1.31 bits per heavy atom. The first-order valence-corrected chi connectivity index (χ1v) is 10.5. The van der Waals surface area contributed by atoms with Gasteiger partial charge in [0.2, 0.25) is 0 Å². The molecule has 0 bridgehead atoms. The van der Waals surface area contributed by atoms with E-state index in [1.165, 1.54) is 12.1 Å². The van der Waals surface area contributed by atoms with Crippen molar-refractivity contribution >= 4 is 24.6 Å². The minimum Gasteiger partial charge on any atom is -0.418 e. The van der Waals surface area contributed by atoms with Gasteiger partial charge in [0, 0.05) is 17.7 Å². The van der Waals surface area contributed by atoms with Crippen molar-refractivity contribution in [3.05, 3.63) is 118 Å². The number of non-ortho nitro benzene ring substituents is 1. The second-order valence-corrected chi connectivity index (χ2v) is 7.48. The van der Waals surface area contributed by atoms with Gasteiger partial charge in [-0.1, -0.05) is 48.5 Å². The molecule has 1 aromatic heterocycles. The highest BCUT2D eigenvalue weighted by Crippen LogP contribution is 2.31. The van der Waals surface area contributed by atoms with Crippen molar-refractivity contribution < 1.29 is 26.6 Å². The van der Waals surface area contributed by atoms with Crippen molar-refractivity contribution in [1.29, 1.82) is 0 Å². The normalized spacial score (nSPS) is 11.4. The molecule has 0 unspecified atom stereocenters. The van der Waals surface area contributed by atoms with E-state index in [0.29, 0.717) is 0 Å². The monoisotopic (exact) mass is 481 g/mol. The summed E-state index contributed by atoms with van der Waals surface area (Å²) in [6.07, 6.45) is 1.96. The maximum atomic E-state index is 10.9. The summed E-state index contributed by atoms with van der Waals surface area (Å²) in [5.74, 6) is 1.52. The van der Waals surface area contributed by atoms with E-state index in [1.807, 2.05) is 73.7 Å². The number of nitro benzene ring substituents is 1. The zero-order valence-electron chi connectivity index (χ0n) is 18.6. The van der Waals surface area contributed by atoms with Gasteiger partial charge in [0.1, 0.15) is 0 Å². The maximum Gasteiger partial charge on any atom is 0.673 e. The third-order valence-electron chi connectivity index (χ3n) is 4.83. The molecule has 0 aliphatic carbocycles. The number of benzene rings is 3. The molecule has 4 nitrogen and oxygen atoms in total. The molecule has 0 radical (unpaired) electrons. The SMILES string of the molecule is CC(=Cc1ccc([N+](=O)[O-])cc1)c1cc(-c2ccccc2)cc(-c2ccccc2)[o+]1.F[B-](F)(F)F. The molecule has 0 saturated carbocycles. The fraction of sp³-hybridized carbons (Fsp3) is 0.0385. The molecule has 4 rings (SSSR count). The van der Waals surface area contributed by atoms with Crippen LogP contribution in [0.5, 0.6) is 0 Å². The van der Waals surface area contributed by atoms with Crippen molar-refractivity contribution in [2.45, 2.75) is 6.92 Å². The van der Waals surface area contributed by atoms with E-state index in [0.717, 1.165) is 39.3 Å². The van der Waals surface area contributed by atoms with Gasteiger partial charge in [0.15, 0.2) is 0 Å². The summed E-state index contributed by atoms with van der Waals surface area (Å²) in [5, 5.41) is 10.9. The van der Waals surface area contributed by atoms with Crippen LogP contribution in [0.1, 0.15) is 18.2 Å². The van der Waals surface area contributed by atoms with Crippen molar-refractivity contribution in [3.63, 3.8) is 0 Å².